The summed E-state index contributed by atoms with van der Waals surface area (Å²) in [6.45, 7) is 2.00. The third-order valence-corrected chi connectivity index (χ3v) is 3.87. The van der Waals surface area contributed by atoms with Gasteiger partial charge in [0.2, 0.25) is 0 Å². The average Bonchev–Trinajstić information content (AvgIpc) is 2.81. The molecule has 96 valence electrons. The molecule has 6 heteroatoms. The van der Waals surface area contributed by atoms with Crippen molar-refractivity contribution in [2.45, 2.75) is 25.4 Å². The first kappa shape index (κ1) is 14.1. The Balaban J connectivity index is 2.62. The molecule has 1 aromatic rings. The van der Waals surface area contributed by atoms with E-state index in [-0.39, 0.29) is 18.1 Å². The summed E-state index contributed by atoms with van der Waals surface area (Å²) >= 11 is 1.19. The molecule has 0 aliphatic rings. The molecule has 0 amide bonds. The minimum Gasteiger partial charge on any atom is -0.477 e. The van der Waals surface area contributed by atoms with E-state index >= 15 is 0 Å². The largest absolute Gasteiger partial charge is 0.477 e. The molecule has 1 aromatic heterocycles. The molecule has 0 fully saturated rings. The number of rotatable bonds is 7. The number of nitrogens with one attached hydrogen (secondary N) is 1. The fourth-order valence-electron chi connectivity index (χ4n) is 1.37. The Bertz CT molecular complexity index is 365. The lowest BCUT2D eigenvalue weighted by Gasteiger charge is -2.29. The molecule has 17 heavy (non-hydrogen) atoms. The highest BCUT2D eigenvalue weighted by Crippen LogP contribution is 2.18. The summed E-state index contributed by atoms with van der Waals surface area (Å²) in [6.07, 6.45) is 0.594. The van der Waals surface area contributed by atoms with Gasteiger partial charge in [-0.05, 0) is 18.6 Å². The van der Waals surface area contributed by atoms with Crippen molar-refractivity contribution in [3.05, 3.63) is 21.9 Å². The van der Waals surface area contributed by atoms with Crippen LogP contribution in [0.3, 0.4) is 0 Å². The number of hydrogen-bond acceptors (Lipinski definition) is 5. The SMILES string of the molecule is CCC(CO)(CO)NCc1ccc(C(=O)O)s1. The number of carboxylic acid groups (broad SMARTS) is 1. The van der Waals surface area contributed by atoms with Crippen molar-refractivity contribution in [1.82, 2.24) is 5.32 Å². The van der Waals surface area contributed by atoms with E-state index in [0.717, 1.165) is 4.88 Å². The number of aliphatic hydroxyl groups excluding tert-OH is 2. The Labute approximate surface area is 104 Å². The molecule has 0 unspecified atom stereocenters. The molecule has 0 saturated carbocycles. The highest BCUT2D eigenvalue weighted by Gasteiger charge is 2.25. The maximum atomic E-state index is 10.7. The zero-order valence-electron chi connectivity index (χ0n) is 9.64. The van der Waals surface area contributed by atoms with Gasteiger partial charge >= 0.3 is 5.97 Å². The number of carbonyl (C=O) groups is 1. The first-order valence-corrected chi connectivity index (χ1v) is 6.17. The standard InChI is InChI=1S/C11H17NO4S/c1-2-11(6-13,7-14)12-5-8-3-4-9(17-8)10(15)16/h3-4,12-14H,2,5-7H2,1H3,(H,15,16). The van der Waals surface area contributed by atoms with Crippen molar-refractivity contribution >= 4 is 17.3 Å². The first-order chi connectivity index (χ1) is 8.06. The lowest BCUT2D eigenvalue weighted by molar-refractivity contribution is 0.0702. The van der Waals surface area contributed by atoms with Gasteiger partial charge in [0.05, 0.1) is 18.8 Å². The van der Waals surface area contributed by atoms with Gasteiger partial charge in [0, 0.05) is 11.4 Å². The number of thiophene rings is 1. The minimum absolute atomic E-state index is 0.156. The maximum Gasteiger partial charge on any atom is 0.345 e. The van der Waals surface area contributed by atoms with Crippen molar-refractivity contribution in [2.75, 3.05) is 13.2 Å². The third-order valence-electron chi connectivity index (χ3n) is 2.79. The van der Waals surface area contributed by atoms with Gasteiger partial charge in [-0.15, -0.1) is 11.3 Å². The van der Waals surface area contributed by atoms with Crippen LogP contribution in [0.2, 0.25) is 0 Å². The number of hydrogen-bond donors (Lipinski definition) is 4. The molecule has 0 radical (unpaired) electrons. The van der Waals surface area contributed by atoms with Crippen LogP contribution in [-0.2, 0) is 6.54 Å². The Kier molecular flexibility index (Phi) is 5.07. The van der Waals surface area contributed by atoms with Gasteiger partial charge in [0.1, 0.15) is 4.88 Å². The fraction of sp³-hybridized carbons (Fsp3) is 0.545. The van der Waals surface area contributed by atoms with E-state index in [0.29, 0.717) is 13.0 Å². The van der Waals surface area contributed by atoms with Gasteiger partial charge in [0.25, 0.3) is 0 Å². The van der Waals surface area contributed by atoms with Gasteiger partial charge in [-0.25, -0.2) is 4.79 Å². The van der Waals surface area contributed by atoms with Crippen molar-refractivity contribution in [3.63, 3.8) is 0 Å². The predicted octanol–water partition coefficient (Wildman–Crippen LogP) is 0.669. The van der Waals surface area contributed by atoms with Gasteiger partial charge < -0.3 is 20.6 Å². The Morgan fingerprint density at radius 3 is 2.47 bits per heavy atom. The van der Waals surface area contributed by atoms with Crippen molar-refractivity contribution in [3.8, 4) is 0 Å². The fourth-order valence-corrected chi connectivity index (χ4v) is 2.16. The van der Waals surface area contributed by atoms with Crippen LogP contribution >= 0.6 is 11.3 Å². The van der Waals surface area contributed by atoms with Crippen LogP contribution in [0.1, 0.15) is 27.9 Å². The van der Waals surface area contributed by atoms with E-state index in [1.165, 1.54) is 11.3 Å². The highest BCUT2D eigenvalue weighted by atomic mass is 32.1. The zero-order valence-corrected chi connectivity index (χ0v) is 10.5. The van der Waals surface area contributed by atoms with Crippen LogP contribution in [0.5, 0.6) is 0 Å². The summed E-state index contributed by atoms with van der Waals surface area (Å²) in [5.41, 5.74) is -0.701. The molecular formula is C11H17NO4S. The second kappa shape index (κ2) is 6.11. The second-order valence-corrected chi connectivity index (χ2v) is 5.04. The van der Waals surface area contributed by atoms with Crippen LogP contribution < -0.4 is 5.32 Å². The van der Waals surface area contributed by atoms with Crippen molar-refractivity contribution < 1.29 is 20.1 Å². The van der Waals surface area contributed by atoms with Crippen molar-refractivity contribution in [1.29, 1.82) is 0 Å². The molecule has 0 saturated heterocycles. The van der Waals surface area contributed by atoms with Crippen LogP contribution in [0.25, 0.3) is 0 Å². The minimum atomic E-state index is -0.938. The Hall–Kier alpha value is -0.950. The molecule has 1 heterocycles. The normalized spacial score (nSPS) is 11.7. The summed E-state index contributed by atoms with van der Waals surface area (Å²) in [6, 6.07) is 3.28. The summed E-state index contributed by atoms with van der Waals surface area (Å²) < 4.78 is 0. The summed E-state index contributed by atoms with van der Waals surface area (Å²) in [7, 11) is 0. The average molecular weight is 259 g/mol. The smallest absolute Gasteiger partial charge is 0.345 e. The quantitative estimate of drug-likeness (QED) is 0.578. The molecule has 0 aliphatic heterocycles. The lowest BCUT2D eigenvalue weighted by atomic mass is 9.98. The molecule has 0 aromatic carbocycles. The van der Waals surface area contributed by atoms with E-state index in [2.05, 4.69) is 5.32 Å². The number of aromatic carboxylic acids is 1. The molecule has 0 atom stereocenters. The first-order valence-electron chi connectivity index (χ1n) is 5.35. The van der Waals surface area contributed by atoms with E-state index in [4.69, 9.17) is 5.11 Å². The number of aliphatic hydroxyl groups is 2. The Morgan fingerprint density at radius 1 is 1.41 bits per heavy atom. The Morgan fingerprint density at radius 2 is 2.06 bits per heavy atom. The monoisotopic (exact) mass is 259 g/mol. The summed E-state index contributed by atoms with van der Waals surface area (Å²) in [5, 5.41) is 30.3. The zero-order chi connectivity index (χ0) is 12.9. The molecule has 5 nitrogen and oxygen atoms in total. The highest BCUT2D eigenvalue weighted by molar-refractivity contribution is 7.13. The van der Waals surface area contributed by atoms with Crippen LogP contribution in [0.15, 0.2) is 12.1 Å². The van der Waals surface area contributed by atoms with E-state index < -0.39 is 11.5 Å². The summed E-state index contributed by atoms with van der Waals surface area (Å²) in [4.78, 5) is 11.8. The number of carboxylic acids is 1. The molecule has 0 bridgehead atoms. The third kappa shape index (κ3) is 3.50. The van der Waals surface area contributed by atoms with Gasteiger partial charge in [-0.1, -0.05) is 6.92 Å². The van der Waals surface area contributed by atoms with Crippen LogP contribution in [-0.4, -0.2) is 40.0 Å². The van der Waals surface area contributed by atoms with Crippen LogP contribution in [0, 0.1) is 0 Å². The second-order valence-electron chi connectivity index (χ2n) is 3.87. The predicted molar refractivity (Wildman–Crippen MR) is 65.3 cm³/mol. The molecule has 0 spiro atoms. The van der Waals surface area contributed by atoms with Crippen LogP contribution in [0.4, 0.5) is 0 Å². The molecular weight excluding hydrogens is 242 g/mol. The molecule has 1 rings (SSSR count). The summed E-state index contributed by atoms with van der Waals surface area (Å²) in [5.74, 6) is -0.938. The van der Waals surface area contributed by atoms with Gasteiger partial charge in [-0.2, -0.15) is 0 Å². The van der Waals surface area contributed by atoms with E-state index in [9.17, 15) is 15.0 Å². The van der Waals surface area contributed by atoms with Gasteiger partial charge in [0.15, 0.2) is 0 Å². The molecule has 4 N–H and O–H groups in total. The molecule has 0 aliphatic carbocycles. The lowest BCUT2D eigenvalue weighted by Crippen LogP contribution is -2.50. The topological polar surface area (TPSA) is 89.8 Å². The van der Waals surface area contributed by atoms with E-state index in [1.54, 1.807) is 12.1 Å². The maximum absolute atomic E-state index is 10.7. The van der Waals surface area contributed by atoms with Crippen molar-refractivity contribution in [2.24, 2.45) is 0 Å². The van der Waals surface area contributed by atoms with Gasteiger partial charge in [-0.3, -0.25) is 0 Å². The van der Waals surface area contributed by atoms with E-state index in [1.807, 2.05) is 6.92 Å².